The molecule has 0 fully saturated rings. The molecular formula is C28H22Cl2N2O4S. The lowest BCUT2D eigenvalue weighted by molar-refractivity contribution is -0.139. The number of aryl methyl sites for hydroxylation is 1. The Morgan fingerprint density at radius 3 is 2.59 bits per heavy atom. The monoisotopic (exact) mass is 552 g/mol. The Labute approximate surface area is 226 Å². The van der Waals surface area contributed by atoms with E-state index in [-0.39, 0.29) is 12.2 Å². The number of halogens is 2. The quantitative estimate of drug-likeness (QED) is 0.299. The molecule has 0 saturated heterocycles. The van der Waals surface area contributed by atoms with Crippen molar-refractivity contribution in [3.8, 4) is 11.3 Å². The number of ether oxygens (including phenoxy) is 1. The number of rotatable bonds is 5. The first-order valence-electron chi connectivity index (χ1n) is 11.6. The second-order valence-electron chi connectivity index (χ2n) is 8.54. The van der Waals surface area contributed by atoms with E-state index in [1.807, 2.05) is 31.2 Å². The lowest BCUT2D eigenvalue weighted by Gasteiger charge is -2.24. The van der Waals surface area contributed by atoms with Crippen LogP contribution in [0.25, 0.3) is 17.4 Å². The van der Waals surface area contributed by atoms with E-state index >= 15 is 0 Å². The van der Waals surface area contributed by atoms with Crippen LogP contribution in [0.4, 0.5) is 0 Å². The number of nitrogens with zero attached hydrogens (tertiary/aromatic N) is 2. The molecule has 188 valence electrons. The molecule has 1 aliphatic rings. The van der Waals surface area contributed by atoms with Gasteiger partial charge in [-0.25, -0.2) is 9.79 Å². The van der Waals surface area contributed by atoms with Crippen molar-refractivity contribution in [3.63, 3.8) is 0 Å². The topological polar surface area (TPSA) is 73.8 Å². The molecule has 0 bridgehead atoms. The summed E-state index contributed by atoms with van der Waals surface area (Å²) in [6, 6.07) is 15.8. The van der Waals surface area contributed by atoms with Crippen molar-refractivity contribution in [2.45, 2.75) is 26.8 Å². The molecule has 0 spiro atoms. The Hall–Kier alpha value is -3.39. The van der Waals surface area contributed by atoms with Gasteiger partial charge in [0.2, 0.25) is 0 Å². The second-order valence-corrected chi connectivity index (χ2v) is 10.4. The molecule has 4 aromatic rings. The molecule has 3 heterocycles. The Bertz CT molecular complexity index is 1730. The third-order valence-corrected chi connectivity index (χ3v) is 7.54. The first kappa shape index (κ1) is 25.3. The van der Waals surface area contributed by atoms with Crippen LogP contribution in [0, 0.1) is 6.92 Å². The summed E-state index contributed by atoms with van der Waals surface area (Å²) >= 11 is 13.6. The van der Waals surface area contributed by atoms with Crippen LogP contribution in [0.5, 0.6) is 0 Å². The molecule has 37 heavy (non-hydrogen) atoms. The summed E-state index contributed by atoms with van der Waals surface area (Å²) in [6.45, 7) is 5.72. The third kappa shape index (κ3) is 4.82. The number of carbonyl (C=O) groups excluding carboxylic acids is 1. The number of hydrogen-bond donors (Lipinski definition) is 0. The zero-order chi connectivity index (χ0) is 26.3. The van der Waals surface area contributed by atoms with Crippen LogP contribution in [0.15, 0.2) is 80.1 Å². The maximum absolute atomic E-state index is 13.7. The number of thiazole rings is 1. The van der Waals surface area contributed by atoms with Crippen molar-refractivity contribution in [2.75, 3.05) is 6.61 Å². The van der Waals surface area contributed by atoms with Crippen molar-refractivity contribution in [1.29, 1.82) is 0 Å². The highest BCUT2D eigenvalue weighted by atomic mass is 35.5. The fraction of sp³-hybridized carbons (Fsp3) is 0.179. The molecule has 5 rings (SSSR count). The number of hydrogen-bond acceptors (Lipinski definition) is 6. The van der Waals surface area contributed by atoms with E-state index < -0.39 is 12.0 Å². The number of carbonyl (C=O) groups is 1. The van der Waals surface area contributed by atoms with Crippen LogP contribution in [-0.4, -0.2) is 17.1 Å². The van der Waals surface area contributed by atoms with Crippen molar-refractivity contribution >= 4 is 46.6 Å². The number of benzene rings is 2. The average molecular weight is 553 g/mol. The molecule has 0 aliphatic carbocycles. The SMILES string of the molecule is CCOC(=O)C1=C(C)N=c2sc(=Cc3ccc(-c4ccc(Cl)cc4Cl)o3)c(=O)n2C1c1ccc(C)cc1. The molecule has 1 aliphatic heterocycles. The highest BCUT2D eigenvalue weighted by molar-refractivity contribution is 7.07. The number of aromatic nitrogens is 1. The molecule has 2 aromatic heterocycles. The van der Waals surface area contributed by atoms with Crippen molar-refractivity contribution in [1.82, 2.24) is 4.57 Å². The van der Waals surface area contributed by atoms with Gasteiger partial charge in [-0.3, -0.25) is 9.36 Å². The van der Waals surface area contributed by atoms with Crippen LogP contribution in [0.1, 0.15) is 36.8 Å². The number of fused-ring (bicyclic) bond motifs is 1. The Morgan fingerprint density at radius 2 is 1.89 bits per heavy atom. The molecular weight excluding hydrogens is 531 g/mol. The maximum atomic E-state index is 13.7. The van der Waals surface area contributed by atoms with Gasteiger partial charge in [0.15, 0.2) is 4.80 Å². The smallest absolute Gasteiger partial charge is 0.338 e. The standard InChI is InChI=1S/C28H22Cl2N2O4S/c1-4-35-27(34)24-16(3)31-28-32(25(24)17-7-5-15(2)6-8-17)26(33)23(37-28)14-19-10-12-22(36-19)20-11-9-18(29)13-21(20)30/h5-14,25H,4H2,1-3H3. The Morgan fingerprint density at radius 1 is 1.14 bits per heavy atom. The zero-order valence-corrected chi connectivity index (χ0v) is 22.6. The molecule has 1 atom stereocenters. The van der Waals surface area contributed by atoms with Gasteiger partial charge < -0.3 is 9.15 Å². The van der Waals surface area contributed by atoms with Crippen LogP contribution in [0.2, 0.25) is 10.0 Å². The summed E-state index contributed by atoms with van der Waals surface area (Å²) in [5.41, 5.74) is 3.17. The lowest BCUT2D eigenvalue weighted by atomic mass is 9.95. The summed E-state index contributed by atoms with van der Waals surface area (Å²) in [5.74, 6) is 0.553. The van der Waals surface area contributed by atoms with E-state index in [0.717, 1.165) is 11.1 Å². The van der Waals surface area contributed by atoms with Gasteiger partial charge in [-0.15, -0.1) is 0 Å². The highest BCUT2D eigenvalue weighted by Crippen LogP contribution is 2.32. The maximum Gasteiger partial charge on any atom is 0.338 e. The molecule has 6 nitrogen and oxygen atoms in total. The number of allylic oxidation sites excluding steroid dienone is 1. The first-order valence-corrected chi connectivity index (χ1v) is 13.2. The Balaban J connectivity index is 1.63. The van der Waals surface area contributed by atoms with Gasteiger partial charge in [-0.05, 0) is 56.7 Å². The van der Waals surface area contributed by atoms with Crippen molar-refractivity contribution in [3.05, 3.63) is 112 Å². The molecule has 1 unspecified atom stereocenters. The highest BCUT2D eigenvalue weighted by Gasteiger charge is 2.33. The van der Waals surface area contributed by atoms with Crippen LogP contribution >= 0.6 is 34.5 Å². The summed E-state index contributed by atoms with van der Waals surface area (Å²) in [7, 11) is 0. The predicted octanol–water partition coefficient (Wildman–Crippen LogP) is 5.67. The van der Waals surface area contributed by atoms with E-state index in [1.54, 1.807) is 54.8 Å². The molecule has 9 heteroatoms. The predicted molar refractivity (Wildman–Crippen MR) is 146 cm³/mol. The second kappa shape index (κ2) is 10.2. The van der Waals surface area contributed by atoms with Crippen molar-refractivity contribution < 1.29 is 13.9 Å². The fourth-order valence-electron chi connectivity index (χ4n) is 4.25. The fourth-order valence-corrected chi connectivity index (χ4v) is 5.78. The van der Waals surface area contributed by atoms with E-state index in [0.29, 0.717) is 47.7 Å². The average Bonchev–Trinajstić information content (AvgIpc) is 3.43. The summed E-state index contributed by atoms with van der Waals surface area (Å²) < 4.78 is 13.3. The van der Waals surface area contributed by atoms with Crippen molar-refractivity contribution in [2.24, 2.45) is 4.99 Å². The molecule has 0 saturated carbocycles. The molecule has 0 N–H and O–H groups in total. The third-order valence-electron chi connectivity index (χ3n) is 6.01. The summed E-state index contributed by atoms with van der Waals surface area (Å²) in [6.07, 6.45) is 1.67. The van der Waals surface area contributed by atoms with Crippen LogP contribution in [0.3, 0.4) is 0 Å². The summed E-state index contributed by atoms with van der Waals surface area (Å²) in [5, 5.41) is 0.995. The van der Waals surface area contributed by atoms with Gasteiger partial charge in [0.05, 0.1) is 33.5 Å². The van der Waals surface area contributed by atoms with E-state index in [4.69, 9.17) is 32.4 Å². The van der Waals surface area contributed by atoms with E-state index in [9.17, 15) is 9.59 Å². The van der Waals surface area contributed by atoms with E-state index in [2.05, 4.69) is 4.99 Å². The largest absolute Gasteiger partial charge is 0.463 e. The minimum absolute atomic E-state index is 0.221. The molecule has 0 radical (unpaired) electrons. The zero-order valence-electron chi connectivity index (χ0n) is 20.2. The van der Waals surface area contributed by atoms with Gasteiger partial charge in [0.25, 0.3) is 5.56 Å². The molecule has 0 amide bonds. The van der Waals surface area contributed by atoms with Gasteiger partial charge >= 0.3 is 5.97 Å². The number of esters is 1. The van der Waals surface area contributed by atoms with Gasteiger partial charge in [-0.2, -0.15) is 0 Å². The normalized spacial score (nSPS) is 15.5. The first-order chi connectivity index (χ1) is 17.8. The van der Waals surface area contributed by atoms with Crippen LogP contribution in [-0.2, 0) is 9.53 Å². The van der Waals surface area contributed by atoms with Gasteiger partial charge in [-0.1, -0.05) is 64.4 Å². The number of furan rings is 1. The van der Waals surface area contributed by atoms with Gasteiger partial charge in [0.1, 0.15) is 11.5 Å². The van der Waals surface area contributed by atoms with Gasteiger partial charge in [0, 0.05) is 16.7 Å². The minimum Gasteiger partial charge on any atom is -0.463 e. The van der Waals surface area contributed by atoms with Crippen LogP contribution < -0.4 is 14.9 Å². The molecule has 2 aromatic carbocycles. The summed E-state index contributed by atoms with van der Waals surface area (Å²) in [4.78, 5) is 31.8. The minimum atomic E-state index is -0.655. The van der Waals surface area contributed by atoms with E-state index in [1.165, 1.54) is 11.3 Å². The lowest BCUT2D eigenvalue weighted by Crippen LogP contribution is -2.39. The Kier molecular flexibility index (Phi) is 6.94.